The zero-order chi connectivity index (χ0) is 25.5. The molecule has 1 aliphatic heterocycles. The summed E-state index contributed by atoms with van der Waals surface area (Å²) in [6.45, 7) is 11.9. The quantitative estimate of drug-likeness (QED) is 0.432. The van der Waals surface area contributed by atoms with E-state index >= 15 is 0 Å². The number of pyridine rings is 1. The summed E-state index contributed by atoms with van der Waals surface area (Å²) in [5, 5.41) is 12.5. The van der Waals surface area contributed by atoms with Crippen LogP contribution in [0.5, 0.6) is 5.75 Å². The standard InChI is InChI=1S/C28H33ClN2O4/c1-17-14-23(29)30-21-15-20-22(16-19(17)21)35-28(5,6)25(32)24(20)34-26(33)31(27(2,3)4)13-12-18-10-8-7-9-11-18/h7-11,14-16,24-25,32H,12-13H2,1-6H3/t24-,25+/m0/s1. The van der Waals surface area contributed by atoms with Crippen LogP contribution in [-0.4, -0.2) is 44.9 Å². The van der Waals surface area contributed by atoms with Gasteiger partial charge in [0.1, 0.15) is 22.6 Å². The van der Waals surface area contributed by atoms with E-state index in [1.54, 1.807) is 30.9 Å². The third-order valence-corrected chi connectivity index (χ3v) is 6.71. The Hall–Kier alpha value is -2.83. The molecule has 0 saturated heterocycles. The van der Waals surface area contributed by atoms with Crippen LogP contribution < -0.4 is 4.74 Å². The molecule has 2 atom stereocenters. The number of aliphatic hydroxyl groups excluding tert-OH is 1. The molecule has 186 valence electrons. The molecule has 0 aliphatic carbocycles. The molecule has 1 aliphatic rings. The molecule has 1 N–H and O–H groups in total. The van der Waals surface area contributed by atoms with Crippen molar-refractivity contribution in [2.45, 2.75) is 71.3 Å². The molecule has 35 heavy (non-hydrogen) atoms. The van der Waals surface area contributed by atoms with Crippen molar-refractivity contribution in [3.63, 3.8) is 0 Å². The number of ether oxygens (including phenoxy) is 2. The molecule has 6 nitrogen and oxygen atoms in total. The summed E-state index contributed by atoms with van der Waals surface area (Å²) in [6.07, 6.45) is -1.80. The number of rotatable bonds is 4. The van der Waals surface area contributed by atoms with Crippen LogP contribution in [0, 0.1) is 6.92 Å². The fourth-order valence-electron chi connectivity index (χ4n) is 4.47. The lowest BCUT2D eigenvalue weighted by Gasteiger charge is -2.43. The van der Waals surface area contributed by atoms with E-state index in [1.165, 1.54) is 0 Å². The van der Waals surface area contributed by atoms with E-state index in [2.05, 4.69) is 4.98 Å². The summed E-state index contributed by atoms with van der Waals surface area (Å²) in [5.41, 5.74) is 1.89. The molecule has 3 aromatic rings. The third-order valence-electron chi connectivity index (χ3n) is 6.52. The maximum absolute atomic E-state index is 13.5. The SMILES string of the molecule is Cc1cc(Cl)nc2cc3c(cc12)OC(C)(C)[C@H](O)[C@H]3OC(=O)N(CCc1ccccc1)C(C)(C)C. The zero-order valence-corrected chi connectivity index (χ0v) is 21.9. The van der Waals surface area contributed by atoms with Crippen LogP contribution in [0.1, 0.15) is 57.4 Å². The van der Waals surface area contributed by atoms with E-state index in [0.717, 1.165) is 16.5 Å². The van der Waals surface area contributed by atoms with Gasteiger partial charge in [-0.3, -0.25) is 0 Å². The second kappa shape index (κ2) is 9.32. The summed E-state index contributed by atoms with van der Waals surface area (Å²) in [6, 6.07) is 15.5. The predicted octanol–water partition coefficient (Wildman–Crippen LogP) is 6.25. The Balaban J connectivity index is 1.68. The molecule has 2 aromatic carbocycles. The number of aryl methyl sites for hydroxylation is 1. The lowest BCUT2D eigenvalue weighted by Crippen LogP contribution is -2.52. The maximum atomic E-state index is 13.5. The minimum Gasteiger partial charge on any atom is -0.485 e. The van der Waals surface area contributed by atoms with Gasteiger partial charge in [0, 0.05) is 23.0 Å². The average Bonchev–Trinajstić information content (AvgIpc) is 2.76. The Morgan fingerprint density at radius 2 is 1.89 bits per heavy atom. The van der Waals surface area contributed by atoms with E-state index in [4.69, 9.17) is 21.1 Å². The second-order valence-corrected chi connectivity index (χ2v) is 11.1. The van der Waals surface area contributed by atoms with E-state index in [0.29, 0.717) is 34.9 Å². The lowest BCUT2D eigenvalue weighted by molar-refractivity contribution is -0.119. The van der Waals surface area contributed by atoms with Crippen LogP contribution in [0.4, 0.5) is 4.79 Å². The largest absolute Gasteiger partial charge is 0.485 e. The number of aromatic nitrogens is 1. The van der Waals surface area contributed by atoms with Crippen LogP contribution in [0.3, 0.4) is 0 Å². The van der Waals surface area contributed by atoms with Gasteiger partial charge in [0.25, 0.3) is 0 Å². The van der Waals surface area contributed by atoms with Crippen LogP contribution in [0.2, 0.25) is 5.15 Å². The smallest absolute Gasteiger partial charge is 0.410 e. The van der Waals surface area contributed by atoms with Gasteiger partial charge >= 0.3 is 6.09 Å². The first-order valence-corrected chi connectivity index (χ1v) is 12.2. The Morgan fingerprint density at radius 1 is 1.20 bits per heavy atom. The number of fused-ring (bicyclic) bond motifs is 2. The van der Waals surface area contributed by atoms with Crippen molar-refractivity contribution in [1.82, 2.24) is 9.88 Å². The van der Waals surface area contributed by atoms with Gasteiger partial charge in [-0.2, -0.15) is 0 Å². The first-order chi connectivity index (χ1) is 16.4. The van der Waals surface area contributed by atoms with Gasteiger partial charge in [-0.1, -0.05) is 41.9 Å². The van der Waals surface area contributed by atoms with Crippen molar-refractivity contribution in [2.75, 3.05) is 6.54 Å². The molecule has 0 bridgehead atoms. The highest BCUT2D eigenvalue weighted by atomic mass is 35.5. The van der Waals surface area contributed by atoms with Crippen LogP contribution in [-0.2, 0) is 11.2 Å². The topological polar surface area (TPSA) is 71.9 Å². The molecule has 2 heterocycles. The second-order valence-electron chi connectivity index (χ2n) is 10.7. The van der Waals surface area contributed by atoms with Crippen molar-refractivity contribution in [1.29, 1.82) is 0 Å². The summed E-state index contributed by atoms with van der Waals surface area (Å²) in [4.78, 5) is 19.7. The van der Waals surface area contributed by atoms with Gasteiger partial charge in [-0.15, -0.1) is 0 Å². The van der Waals surface area contributed by atoms with Crippen molar-refractivity contribution >= 4 is 28.6 Å². The molecule has 7 heteroatoms. The predicted molar refractivity (Wildman–Crippen MR) is 138 cm³/mol. The normalized spacial score (nSPS) is 19.1. The van der Waals surface area contributed by atoms with Gasteiger partial charge in [0.15, 0.2) is 6.10 Å². The molecule has 4 rings (SSSR count). The van der Waals surface area contributed by atoms with E-state index in [-0.39, 0.29) is 0 Å². The minimum absolute atomic E-state index is 0.376. The van der Waals surface area contributed by atoms with Crippen LogP contribution in [0.25, 0.3) is 10.9 Å². The molecule has 0 unspecified atom stereocenters. The molecule has 0 saturated carbocycles. The van der Waals surface area contributed by atoms with E-state index in [1.807, 2.05) is 64.1 Å². The van der Waals surface area contributed by atoms with Gasteiger partial charge in [0.05, 0.1) is 5.52 Å². The van der Waals surface area contributed by atoms with Gasteiger partial charge in [0.2, 0.25) is 0 Å². The van der Waals surface area contributed by atoms with E-state index < -0.39 is 29.4 Å². The minimum atomic E-state index is -1.08. The van der Waals surface area contributed by atoms with Gasteiger partial charge in [-0.25, -0.2) is 9.78 Å². The first kappa shape index (κ1) is 25.3. The maximum Gasteiger partial charge on any atom is 0.410 e. The molecule has 0 spiro atoms. The molecule has 1 aromatic heterocycles. The molecule has 1 amide bonds. The number of benzene rings is 2. The monoisotopic (exact) mass is 496 g/mol. The number of nitrogens with zero attached hydrogens (tertiary/aromatic N) is 2. The summed E-state index contributed by atoms with van der Waals surface area (Å²) in [5.74, 6) is 0.560. The summed E-state index contributed by atoms with van der Waals surface area (Å²) >= 11 is 6.20. The Labute approximate surface area is 211 Å². The number of aliphatic hydroxyl groups is 1. The van der Waals surface area contributed by atoms with Crippen LogP contribution >= 0.6 is 11.6 Å². The number of carbonyl (C=O) groups is 1. The Morgan fingerprint density at radius 3 is 2.54 bits per heavy atom. The highest BCUT2D eigenvalue weighted by Gasteiger charge is 2.46. The van der Waals surface area contributed by atoms with Crippen molar-refractivity contribution < 1.29 is 19.4 Å². The highest BCUT2D eigenvalue weighted by Crippen LogP contribution is 2.44. The van der Waals surface area contributed by atoms with Gasteiger partial charge in [-0.05, 0) is 77.3 Å². The van der Waals surface area contributed by atoms with Crippen LogP contribution in [0.15, 0.2) is 48.5 Å². The molecular formula is C28H33ClN2O4. The van der Waals surface area contributed by atoms with Crippen molar-refractivity contribution in [3.05, 3.63) is 70.4 Å². The molecule has 0 radical (unpaired) electrons. The summed E-state index contributed by atoms with van der Waals surface area (Å²) < 4.78 is 12.2. The third kappa shape index (κ3) is 5.24. The number of carbonyl (C=O) groups excluding carboxylic acids is 1. The Kier molecular flexibility index (Phi) is 6.73. The number of amides is 1. The van der Waals surface area contributed by atoms with Crippen molar-refractivity contribution in [3.8, 4) is 5.75 Å². The fourth-order valence-corrected chi connectivity index (χ4v) is 4.73. The first-order valence-electron chi connectivity index (χ1n) is 11.9. The summed E-state index contributed by atoms with van der Waals surface area (Å²) in [7, 11) is 0. The molecule has 0 fully saturated rings. The van der Waals surface area contributed by atoms with Gasteiger partial charge < -0.3 is 19.5 Å². The van der Waals surface area contributed by atoms with E-state index in [9.17, 15) is 9.90 Å². The zero-order valence-electron chi connectivity index (χ0n) is 21.1. The number of halogens is 1. The number of hydrogen-bond acceptors (Lipinski definition) is 5. The molecular weight excluding hydrogens is 464 g/mol. The number of hydrogen-bond donors (Lipinski definition) is 1. The highest BCUT2D eigenvalue weighted by molar-refractivity contribution is 6.29. The average molecular weight is 497 g/mol. The van der Waals surface area contributed by atoms with Crippen molar-refractivity contribution in [2.24, 2.45) is 0 Å². The Bertz CT molecular complexity index is 1240. The lowest BCUT2D eigenvalue weighted by atomic mass is 9.87. The fraction of sp³-hybridized carbons (Fsp3) is 0.429.